The monoisotopic (exact) mass is 340 g/mol. The highest BCUT2D eigenvalue weighted by molar-refractivity contribution is 6.06. The molecule has 1 aromatic heterocycles. The molecule has 2 heterocycles. The van der Waals surface area contributed by atoms with Gasteiger partial charge in [0.05, 0.1) is 23.9 Å². The Morgan fingerprint density at radius 2 is 2.08 bits per heavy atom. The second kappa shape index (κ2) is 6.43. The number of nitrogens with zero attached hydrogens (tertiary/aromatic N) is 3. The van der Waals surface area contributed by atoms with Gasteiger partial charge in [-0.1, -0.05) is 18.2 Å². The van der Waals surface area contributed by atoms with E-state index >= 15 is 0 Å². The summed E-state index contributed by atoms with van der Waals surface area (Å²) in [6.07, 6.45) is 1.73. The number of aliphatic hydroxyl groups excluding tert-OH is 1. The number of hydrogen-bond donors (Lipinski definition) is 2. The molecule has 1 atom stereocenters. The van der Waals surface area contributed by atoms with Crippen molar-refractivity contribution < 1.29 is 14.7 Å². The number of carbonyl (C=O) groups is 2. The number of nitrogens with one attached hydrogen (secondary N) is 1. The Balaban J connectivity index is 1.78. The average Bonchev–Trinajstić information content (AvgIpc) is 3.13. The van der Waals surface area contributed by atoms with Crippen molar-refractivity contribution in [2.45, 2.75) is 13.0 Å². The summed E-state index contributed by atoms with van der Waals surface area (Å²) in [5.41, 5.74) is 2.99. The van der Waals surface area contributed by atoms with Gasteiger partial charge in [-0.3, -0.25) is 14.3 Å². The lowest BCUT2D eigenvalue weighted by Gasteiger charge is -2.16. The highest BCUT2D eigenvalue weighted by Crippen LogP contribution is 2.23. The van der Waals surface area contributed by atoms with Crippen LogP contribution in [0.5, 0.6) is 0 Å². The van der Waals surface area contributed by atoms with Crippen molar-refractivity contribution in [3.8, 4) is 11.3 Å². The molecule has 2 N–H and O–H groups in total. The van der Waals surface area contributed by atoms with E-state index in [1.165, 1.54) is 4.90 Å². The van der Waals surface area contributed by atoms with Crippen molar-refractivity contribution >= 4 is 11.8 Å². The van der Waals surface area contributed by atoms with Crippen LogP contribution in [0.15, 0.2) is 47.9 Å². The molecule has 1 aliphatic heterocycles. The molecule has 0 fully saturated rings. The molecule has 0 aliphatic carbocycles. The van der Waals surface area contributed by atoms with E-state index in [1.807, 2.05) is 44.3 Å². The maximum absolute atomic E-state index is 12.4. The summed E-state index contributed by atoms with van der Waals surface area (Å²) >= 11 is 0. The van der Waals surface area contributed by atoms with E-state index in [1.54, 1.807) is 17.9 Å². The van der Waals surface area contributed by atoms with Gasteiger partial charge in [0.2, 0.25) is 0 Å². The number of amides is 2. The Hall–Kier alpha value is -3.09. The first-order valence-electron chi connectivity index (χ1n) is 7.95. The molecule has 130 valence electrons. The summed E-state index contributed by atoms with van der Waals surface area (Å²) in [7, 11) is 3.41. The molecule has 1 aromatic carbocycles. The second-order valence-electron chi connectivity index (χ2n) is 6.15. The predicted octanol–water partition coefficient (Wildman–Crippen LogP) is 1.55. The average molecular weight is 340 g/mol. The number of carbonyl (C=O) groups excluding carboxylic acids is 2. The van der Waals surface area contributed by atoms with Gasteiger partial charge in [0.15, 0.2) is 5.76 Å². The van der Waals surface area contributed by atoms with E-state index < -0.39 is 17.6 Å². The third kappa shape index (κ3) is 3.13. The fourth-order valence-electron chi connectivity index (χ4n) is 2.86. The van der Waals surface area contributed by atoms with Crippen LogP contribution in [0.25, 0.3) is 11.3 Å². The summed E-state index contributed by atoms with van der Waals surface area (Å²) in [6.45, 7) is 1.97. The van der Waals surface area contributed by atoms with Crippen molar-refractivity contribution in [1.82, 2.24) is 20.0 Å². The summed E-state index contributed by atoms with van der Waals surface area (Å²) in [6, 6.07) is 9.46. The zero-order valence-electron chi connectivity index (χ0n) is 14.4. The molecule has 0 bridgehead atoms. The molecule has 0 radical (unpaired) electrons. The largest absolute Gasteiger partial charge is 0.503 e. The topological polar surface area (TPSA) is 87.5 Å². The van der Waals surface area contributed by atoms with E-state index in [9.17, 15) is 14.7 Å². The van der Waals surface area contributed by atoms with Gasteiger partial charge in [-0.25, -0.2) is 0 Å². The smallest absolute Gasteiger partial charge is 0.289 e. The fourth-order valence-corrected chi connectivity index (χ4v) is 2.86. The van der Waals surface area contributed by atoms with E-state index in [0.29, 0.717) is 0 Å². The van der Waals surface area contributed by atoms with Gasteiger partial charge in [0.1, 0.15) is 0 Å². The molecule has 2 amide bonds. The number of aromatic nitrogens is 2. The minimum absolute atomic E-state index is 0.0992. The van der Waals surface area contributed by atoms with E-state index in [-0.39, 0.29) is 18.2 Å². The van der Waals surface area contributed by atoms with Gasteiger partial charge in [0.25, 0.3) is 11.8 Å². The summed E-state index contributed by atoms with van der Waals surface area (Å²) in [5.74, 6) is -1.44. The van der Waals surface area contributed by atoms with Crippen LogP contribution >= 0.6 is 0 Å². The van der Waals surface area contributed by atoms with Crippen LogP contribution in [0, 0.1) is 0 Å². The van der Waals surface area contributed by atoms with E-state index in [0.717, 1.165) is 16.8 Å². The highest BCUT2D eigenvalue weighted by Gasteiger charge is 2.32. The Morgan fingerprint density at radius 1 is 1.32 bits per heavy atom. The highest BCUT2D eigenvalue weighted by atomic mass is 16.3. The van der Waals surface area contributed by atoms with Crippen molar-refractivity contribution in [2.75, 3.05) is 13.6 Å². The third-order valence-electron chi connectivity index (χ3n) is 4.36. The fraction of sp³-hybridized carbons (Fsp3) is 0.278. The molecular weight excluding hydrogens is 320 g/mol. The second-order valence-corrected chi connectivity index (χ2v) is 6.15. The minimum Gasteiger partial charge on any atom is -0.503 e. The van der Waals surface area contributed by atoms with Crippen LogP contribution in [0.4, 0.5) is 0 Å². The summed E-state index contributed by atoms with van der Waals surface area (Å²) in [4.78, 5) is 25.3. The molecule has 3 rings (SSSR count). The van der Waals surface area contributed by atoms with E-state index in [4.69, 9.17) is 0 Å². The summed E-state index contributed by atoms with van der Waals surface area (Å²) in [5, 5.41) is 16.8. The molecule has 0 unspecified atom stereocenters. The van der Waals surface area contributed by atoms with Gasteiger partial charge < -0.3 is 15.3 Å². The summed E-state index contributed by atoms with van der Waals surface area (Å²) < 4.78 is 1.78. The quantitative estimate of drug-likeness (QED) is 0.884. The van der Waals surface area contributed by atoms with Crippen LogP contribution in [0.1, 0.15) is 18.5 Å². The Kier molecular flexibility index (Phi) is 4.31. The maximum Gasteiger partial charge on any atom is 0.289 e. The van der Waals surface area contributed by atoms with Gasteiger partial charge in [0, 0.05) is 25.9 Å². The third-order valence-corrected chi connectivity index (χ3v) is 4.36. The Morgan fingerprint density at radius 3 is 2.68 bits per heavy atom. The lowest BCUT2D eigenvalue weighted by Crippen LogP contribution is -2.30. The van der Waals surface area contributed by atoms with Gasteiger partial charge >= 0.3 is 0 Å². The van der Waals surface area contributed by atoms with Crippen molar-refractivity contribution in [2.24, 2.45) is 7.05 Å². The first kappa shape index (κ1) is 16.8. The number of aliphatic hydroxyl groups is 1. The zero-order valence-corrected chi connectivity index (χ0v) is 14.4. The number of benzene rings is 1. The van der Waals surface area contributed by atoms with Gasteiger partial charge in [-0.2, -0.15) is 5.10 Å². The van der Waals surface area contributed by atoms with Crippen LogP contribution < -0.4 is 5.32 Å². The number of hydrogen-bond acceptors (Lipinski definition) is 4. The molecule has 0 saturated heterocycles. The number of rotatable bonds is 4. The molecule has 7 nitrogen and oxygen atoms in total. The van der Waals surface area contributed by atoms with Crippen molar-refractivity contribution in [3.63, 3.8) is 0 Å². The normalized spacial score (nSPS) is 15.6. The maximum atomic E-state index is 12.4. The molecule has 1 aliphatic rings. The number of aryl methyl sites for hydroxylation is 1. The molecule has 0 spiro atoms. The SMILES string of the molecule is C[C@@H](NC(=O)C1=C(O)C(=O)N(C)C1)c1cccc(-c2ccnn2C)c1. The first-order valence-corrected chi connectivity index (χ1v) is 7.95. The lowest BCUT2D eigenvalue weighted by molar-refractivity contribution is -0.126. The Labute approximate surface area is 145 Å². The first-order chi connectivity index (χ1) is 11.9. The molecule has 0 saturated carbocycles. The van der Waals surface area contributed by atoms with Crippen LogP contribution in [0.2, 0.25) is 0 Å². The van der Waals surface area contributed by atoms with Gasteiger partial charge in [-0.05, 0) is 24.6 Å². The number of likely N-dealkylation sites (N-methyl/N-ethyl adjacent to an activating group) is 1. The predicted molar refractivity (Wildman–Crippen MR) is 92.5 cm³/mol. The zero-order chi connectivity index (χ0) is 18.1. The standard InChI is InChI=1S/C18H20N4O3/c1-11(20-17(24)14-10-21(2)18(25)16(14)23)12-5-4-6-13(9-12)15-7-8-19-22(15)3/h4-9,11,23H,10H2,1-3H3,(H,20,24)/t11-/m1/s1. The molecule has 25 heavy (non-hydrogen) atoms. The molecular formula is C18H20N4O3. The van der Waals surface area contributed by atoms with Crippen LogP contribution in [0.3, 0.4) is 0 Å². The van der Waals surface area contributed by atoms with Crippen molar-refractivity contribution in [1.29, 1.82) is 0 Å². The van der Waals surface area contributed by atoms with Gasteiger partial charge in [-0.15, -0.1) is 0 Å². The Bertz CT molecular complexity index is 869. The molecule has 7 heteroatoms. The van der Waals surface area contributed by atoms with Crippen LogP contribution in [-0.4, -0.2) is 45.2 Å². The van der Waals surface area contributed by atoms with Crippen molar-refractivity contribution in [3.05, 3.63) is 53.4 Å². The van der Waals surface area contributed by atoms with E-state index in [2.05, 4.69) is 10.4 Å². The van der Waals surface area contributed by atoms with Crippen LogP contribution in [-0.2, 0) is 16.6 Å². The minimum atomic E-state index is -0.531. The molecule has 2 aromatic rings. The lowest BCUT2D eigenvalue weighted by atomic mass is 10.0.